The Morgan fingerprint density at radius 3 is 2.63 bits per heavy atom. The zero-order valence-corrected chi connectivity index (χ0v) is 11.9. The molecule has 106 valence electrons. The summed E-state index contributed by atoms with van der Waals surface area (Å²) in [5.74, 6) is 1.13. The van der Waals surface area contributed by atoms with E-state index in [-0.39, 0.29) is 23.6 Å². The zero-order chi connectivity index (χ0) is 14.0. The highest BCUT2D eigenvalue weighted by Gasteiger charge is 2.32. The van der Waals surface area contributed by atoms with Gasteiger partial charge in [0.2, 0.25) is 11.9 Å². The molecule has 0 aliphatic carbocycles. The number of sulfone groups is 1. The molecular weight excluding hydrogens is 270 g/mol. The molecule has 1 aliphatic rings. The van der Waals surface area contributed by atoms with Crippen LogP contribution in [-0.4, -0.2) is 62.1 Å². The minimum Gasteiger partial charge on any atom is -0.467 e. The van der Waals surface area contributed by atoms with Gasteiger partial charge in [0.05, 0.1) is 18.6 Å². The Hall–Kier alpha value is -1.64. The van der Waals surface area contributed by atoms with Crippen molar-refractivity contribution in [3.8, 4) is 6.01 Å². The van der Waals surface area contributed by atoms with Crippen molar-refractivity contribution in [3.63, 3.8) is 0 Å². The molecule has 0 aromatic carbocycles. The fourth-order valence-corrected chi connectivity index (χ4v) is 3.73. The van der Waals surface area contributed by atoms with Gasteiger partial charge in [-0.1, -0.05) is 0 Å². The molecule has 0 spiro atoms. The number of anilines is 2. The second kappa shape index (κ2) is 5.16. The highest BCUT2D eigenvalue weighted by molar-refractivity contribution is 7.91. The highest BCUT2D eigenvalue weighted by atomic mass is 32.2. The molecule has 0 radical (unpaired) electrons. The summed E-state index contributed by atoms with van der Waals surface area (Å²) in [6.07, 6.45) is 0.585. The van der Waals surface area contributed by atoms with E-state index in [1.807, 2.05) is 0 Å². The summed E-state index contributed by atoms with van der Waals surface area (Å²) in [5.41, 5.74) is 0. The number of hydrogen-bond donors (Lipinski definition) is 1. The molecule has 1 aromatic rings. The number of hydrogen-bond acceptors (Lipinski definition) is 8. The van der Waals surface area contributed by atoms with Gasteiger partial charge in [-0.15, -0.1) is 0 Å². The highest BCUT2D eigenvalue weighted by Crippen LogP contribution is 2.22. The van der Waals surface area contributed by atoms with Crippen LogP contribution in [0.3, 0.4) is 0 Å². The quantitative estimate of drug-likeness (QED) is 0.795. The Kier molecular flexibility index (Phi) is 3.74. The fourth-order valence-electron chi connectivity index (χ4n) is 1.95. The minimum absolute atomic E-state index is 0.109. The van der Waals surface area contributed by atoms with E-state index in [0.29, 0.717) is 18.3 Å². The van der Waals surface area contributed by atoms with Crippen LogP contribution in [0.25, 0.3) is 0 Å². The van der Waals surface area contributed by atoms with E-state index in [9.17, 15) is 8.42 Å². The third-order valence-corrected chi connectivity index (χ3v) is 4.83. The summed E-state index contributed by atoms with van der Waals surface area (Å²) in [6.45, 7) is 0. The van der Waals surface area contributed by atoms with Crippen LogP contribution in [0, 0.1) is 0 Å². The summed E-state index contributed by atoms with van der Waals surface area (Å²) in [6, 6.07) is 0.0869. The Bertz CT molecular complexity index is 540. The van der Waals surface area contributed by atoms with E-state index in [1.54, 1.807) is 19.0 Å². The maximum atomic E-state index is 11.5. The number of methoxy groups -OCH3 is 1. The van der Waals surface area contributed by atoms with E-state index in [4.69, 9.17) is 4.74 Å². The van der Waals surface area contributed by atoms with Crippen molar-refractivity contribution in [1.29, 1.82) is 0 Å². The van der Waals surface area contributed by atoms with Gasteiger partial charge >= 0.3 is 6.01 Å². The average molecular weight is 287 g/mol. The van der Waals surface area contributed by atoms with Crippen molar-refractivity contribution in [2.45, 2.75) is 12.5 Å². The first kappa shape index (κ1) is 13.8. The van der Waals surface area contributed by atoms with Gasteiger partial charge in [-0.25, -0.2) is 8.42 Å². The van der Waals surface area contributed by atoms with E-state index in [2.05, 4.69) is 20.3 Å². The third kappa shape index (κ3) is 3.03. The average Bonchev–Trinajstić information content (AvgIpc) is 2.77. The van der Waals surface area contributed by atoms with Crippen LogP contribution in [0.4, 0.5) is 11.9 Å². The predicted octanol–water partition coefficient (Wildman–Crippen LogP) is -0.455. The summed E-state index contributed by atoms with van der Waals surface area (Å²) in [5, 5.41) is 2.82. The number of rotatable bonds is 4. The molecule has 2 rings (SSSR count). The lowest BCUT2D eigenvalue weighted by molar-refractivity contribution is 0.378. The minimum atomic E-state index is -2.94. The van der Waals surface area contributed by atoms with Crippen molar-refractivity contribution in [3.05, 3.63) is 0 Å². The Morgan fingerprint density at radius 2 is 2.11 bits per heavy atom. The monoisotopic (exact) mass is 287 g/mol. The van der Waals surface area contributed by atoms with Crippen LogP contribution in [0.15, 0.2) is 0 Å². The first-order valence-corrected chi connectivity index (χ1v) is 7.68. The first-order valence-electron chi connectivity index (χ1n) is 5.86. The molecule has 19 heavy (non-hydrogen) atoms. The summed E-state index contributed by atoms with van der Waals surface area (Å²) in [7, 11) is 2.00. The third-order valence-electron chi connectivity index (χ3n) is 3.08. The van der Waals surface area contributed by atoms with Gasteiger partial charge in [-0.3, -0.25) is 0 Å². The summed E-state index contributed by atoms with van der Waals surface area (Å²) >= 11 is 0. The molecule has 1 fully saturated rings. The Labute approximate surface area is 112 Å². The maximum absolute atomic E-state index is 11.5. The van der Waals surface area contributed by atoms with Crippen LogP contribution in [0.2, 0.25) is 0 Å². The van der Waals surface area contributed by atoms with Gasteiger partial charge in [-0.2, -0.15) is 15.0 Å². The second-order valence-electron chi connectivity index (χ2n) is 4.36. The van der Waals surface area contributed by atoms with Gasteiger partial charge in [0.15, 0.2) is 9.84 Å². The molecule has 1 N–H and O–H groups in total. The zero-order valence-electron chi connectivity index (χ0n) is 11.1. The largest absolute Gasteiger partial charge is 0.467 e. The van der Waals surface area contributed by atoms with Gasteiger partial charge in [-0.05, 0) is 6.42 Å². The lowest BCUT2D eigenvalue weighted by atomic mass is 10.2. The Balaban J connectivity index is 2.26. The van der Waals surface area contributed by atoms with E-state index in [0.717, 1.165) is 0 Å². The van der Waals surface area contributed by atoms with E-state index in [1.165, 1.54) is 7.11 Å². The second-order valence-corrected chi connectivity index (χ2v) is 6.59. The van der Waals surface area contributed by atoms with Crippen LogP contribution in [0.1, 0.15) is 6.42 Å². The lowest BCUT2D eigenvalue weighted by Crippen LogP contribution is -2.34. The molecule has 0 amide bonds. The van der Waals surface area contributed by atoms with Crippen LogP contribution in [-0.2, 0) is 9.84 Å². The van der Waals surface area contributed by atoms with Crippen molar-refractivity contribution in [2.24, 2.45) is 0 Å². The predicted molar refractivity (Wildman–Crippen MR) is 71.4 cm³/mol. The SMILES string of the molecule is CNc1nc(OC)nc(N(C)C2CCS(=O)(=O)C2)n1. The van der Waals surface area contributed by atoms with Gasteiger partial charge < -0.3 is 15.0 Å². The van der Waals surface area contributed by atoms with Crippen LogP contribution >= 0.6 is 0 Å². The van der Waals surface area contributed by atoms with Gasteiger partial charge in [0.25, 0.3) is 0 Å². The molecule has 2 heterocycles. The normalized spacial score (nSPS) is 21.1. The number of ether oxygens (including phenoxy) is 1. The lowest BCUT2D eigenvalue weighted by Gasteiger charge is -2.23. The van der Waals surface area contributed by atoms with E-state index >= 15 is 0 Å². The maximum Gasteiger partial charge on any atom is 0.322 e. The topological polar surface area (TPSA) is 97.3 Å². The van der Waals surface area contributed by atoms with Crippen molar-refractivity contribution >= 4 is 21.7 Å². The molecule has 1 atom stereocenters. The van der Waals surface area contributed by atoms with Crippen LogP contribution < -0.4 is 15.0 Å². The number of nitrogens with one attached hydrogen (secondary N) is 1. The molecule has 1 aliphatic heterocycles. The van der Waals surface area contributed by atoms with Crippen molar-refractivity contribution in [1.82, 2.24) is 15.0 Å². The molecule has 0 bridgehead atoms. The summed E-state index contributed by atoms with van der Waals surface area (Å²) < 4.78 is 28.0. The van der Waals surface area contributed by atoms with E-state index < -0.39 is 9.84 Å². The fraction of sp³-hybridized carbons (Fsp3) is 0.700. The smallest absolute Gasteiger partial charge is 0.322 e. The molecule has 1 saturated heterocycles. The molecule has 0 saturated carbocycles. The molecule has 1 unspecified atom stereocenters. The molecule has 8 nitrogen and oxygen atoms in total. The Morgan fingerprint density at radius 1 is 1.37 bits per heavy atom. The number of aromatic nitrogens is 3. The van der Waals surface area contributed by atoms with Gasteiger partial charge in [0.1, 0.15) is 0 Å². The van der Waals surface area contributed by atoms with Crippen molar-refractivity contribution < 1.29 is 13.2 Å². The summed E-state index contributed by atoms with van der Waals surface area (Å²) in [4.78, 5) is 14.1. The molecule has 9 heteroatoms. The first-order chi connectivity index (χ1) is 8.95. The standard InChI is InChI=1S/C10H17N5O3S/c1-11-8-12-9(14-10(13-8)18-3)15(2)7-4-5-19(16,17)6-7/h7H,4-6H2,1-3H3,(H,11,12,13,14). The number of nitrogens with zero attached hydrogens (tertiary/aromatic N) is 4. The van der Waals surface area contributed by atoms with Crippen LogP contribution in [0.5, 0.6) is 6.01 Å². The van der Waals surface area contributed by atoms with Crippen molar-refractivity contribution in [2.75, 3.05) is 42.9 Å². The van der Waals surface area contributed by atoms with Gasteiger partial charge in [0, 0.05) is 20.1 Å². The molecule has 1 aromatic heterocycles. The molecular formula is C10H17N5O3S.